The summed E-state index contributed by atoms with van der Waals surface area (Å²) >= 11 is 0. The molecule has 7 fully saturated rings. The van der Waals surface area contributed by atoms with E-state index in [0.717, 1.165) is 47.3 Å². The summed E-state index contributed by atoms with van der Waals surface area (Å²) in [5, 5.41) is 0. The maximum Gasteiger partial charge on any atom is 0.0875 e. The van der Waals surface area contributed by atoms with Gasteiger partial charge in [0.2, 0.25) is 0 Å². The fraction of sp³-hybridized carbons (Fsp3) is 0.944. The first-order valence-electron chi connectivity index (χ1n) is 17.4. The summed E-state index contributed by atoms with van der Waals surface area (Å²) in [7, 11) is 0. The van der Waals surface area contributed by atoms with E-state index in [9.17, 15) is 0 Å². The second-order valence-corrected chi connectivity index (χ2v) is 16.8. The highest BCUT2D eigenvalue weighted by molar-refractivity contribution is 5.27. The van der Waals surface area contributed by atoms with Crippen LogP contribution in [0.3, 0.4) is 0 Å². The van der Waals surface area contributed by atoms with E-state index in [1.54, 1.807) is 0 Å². The lowest BCUT2D eigenvalue weighted by atomic mass is 9.60. The number of hydrogen-bond acceptors (Lipinski definition) is 3. The van der Waals surface area contributed by atoms with Crippen LogP contribution in [0.5, 0.6) is 0 Å². The Bertz CT molecular complexity index is 885. The highest BCUT2D eigenvalue weighted by Crippen LogP contribution is 2.71. The molecule has 0 N–H and O–H groups in total. The van der Waals surface area contributed by atoms with E-state index in [4.69, 9.17) is 14.2 Å². The highest BCUT2D eigenvalue weighted by Gasteiger charge is 2.75. The van der Waals surface area contributed by atoms with Gasteiger partial charge in [-0.05, 0) is 121 Å². The van der Waals surface area contributed by atoms with Gasteiger partial charge in [-0.15, -0.1) is 0 Å². The molecule has 39 heavy (non-hydrogen) atoms. The van der Waals surface area contributed by atoms with Crippen LogP contribution in [-0.2, 0) is 14.2 Å². The standard InChI is InChI=1S/C36H56O3/c1-17(2)23-11-7-19(5)13-27(23)37-33-25-16-26(34(33)38-28-14-20(6)8-12-24(28)18(3)4)32-31(25)35-29-21-9-10-22(15-21)30(29)36(32)39-35/h9-10,17-36H,7-8,11-16H2,1-6H3. The summed E-state index contributed by atoms with van der Waals surface area (Å²) < 4.78 is 22.1. The molecule has 2 aliphatic heterocycles. The number of rotatable bonds is 6. The van der Waals surface area contributed by atoms with E-state index in [1.807, 2.05) is 0 Å². The van der Waals surface area contributed by atoms with Crippen molar-refractivity contribution < 1.29 is 14.2 Å². The largest absolute Gasteiger partial charge is 0.374 e. The van der Waals surface area contributed by atoms with Crippen LogP contribution < -0.4 is 0 Å². The molecule has 0 aromatic rings. The first kappa shape index (κ1) is 26.3. The molecule has 3 nitrogen and oxygen atoms in total. The van der Waals surface area contributed by atoms with Gasteiger partial charge in [-0.3, -0.25) is 0 Å². The smallest absolute Gasteiger partial charge is 0.0875 e. The van der Waals surface area contributed by atoms with Crippen LogP contribution in [0.2, 0.25) is 0 Å². The van der Waals surface area contributed by atoms with Gasteiger partial charge >= 0.3 is 0 Å². The first-order valence-corrected chi connectivity index (χ1v) is 17.4. The van der Waals surface area contributed by atoms with Gasteiger partial charge < -0.3 is 14.2 Å². The lowest BCUT2D eigenvalue weighted by molar-refractivity contribution is -0.198. The van der Waals surface area contributed by atoms with Gasteiger partial charge in [0.05, 0.1) is 36.6 Å². The van der Waals surface area contributed by atoms with Crippen molar-refractivity contribution in [2.24, 2.45) is 82.9 Å². The maximum absolute atomic E-state index is 7.50. The molecule has 0 aromatic heterocycles. The van der Waals surface area contributed by atoms with E-state index in [2.05, 4.69) is 53.7 Å². The zero-order valence-electron chi connectivity index (χ0n) is 25.6. The molecule has 0 spiro atoms. The summed E-state index contributed by atoms with van der Waals surface area (Å²) in [6, 6.07) is 0. The van der Waals surface area contributed by atoms with E-state index in [1.165, 1.54) is 51.4 Å². The number of hydrogen-bond donors (Lipinski definition) is 0. The Morgan fingerprint density at radius 1 is 0.590 bits per heavy atom. The van der Waals surface area contributed by atoms with Crippen molar-refractivity contribution in [1.29, 1.82) is 0 Å². The molecule has 18 atom stereocenters. The predicted octanol–water partition coefficient (Wildman–Crippen LogP) is 7.78. The van der Waals surface area contributed by atoms with Crippen LogP contribution in [0.1, 0.15) is 92.9 Å². The van der Waals surface area contributed by atoms with Crippen molar-refractivity contribution in [3.8, 4) is 0 Å². The lowest BCUT2D eigenvalue weighted by Gasteiger charge is -2.49. The number of ether oxygens (including phenoxy) is 3. The fourth-order valence-electron chi connectivity index (χ4n) is 12.5. The topological polar surface area (TPSA) is 27.7 Å². The predicted molar refractivity (Wildman–Crippen MR) is 155 cm³/mol. The average molecular weight is 537 g/mol. The van der Waals surface area contributed by atoms with Gasteiger partial charge in [0, 0.05) is 0 Å². The Hall–Kier alpha value is -0.380. The minimum atomic E-state index is 0.286. The molecule has 18 unspecified atom stereocenters. The molecule has 218 valence electrons. The summed E-state index contributed by atoms with van der Waals surface area (Å²) in [6.45, 7) is 14.7. The summed E-state index contributed by atoms with van der Waals surface area (Å²) in [6.07, 6.45) is 18.2. The minimum absolute atomic E-state index is 0.286. The van der Waals surface area contributed by atoms with Crippen LogP contribution in [0.4, 0.5) is 0 Å². The third kappa shape index (κ3) is 3.90. The van der Waals surface area contributed by atoms with Crippen LogP contribution >= 0.6 is 0 Å². The molecule has 6 bridgehead atoms. The Morgan fingerprint density at radius 3 is 1.49 bits per heavy atom. The molecule has 0 aromatic carbocycles. The van der Waals surface area contributed by atoms with Gasteiger partial charge in [-0.2, -0.15) is 0 Å². The van der Waals surface area contributed by atoms with Crippen molar-refractivity contribution in [3.05, 3.63) is 12.2 Å². The fourth-order valence-corrected chi connectivity index (χ4v) is 12.5. The van der Waals surface area contributed by atoms with Crippen molar-refractivity contribution in [3.63, 3.8) is 0 Å². The van der Waals surface area contributed by atoms with Crippen LogP contribution in [-0.4, -0.2) is 36.6 Å². The van der Waals surface area contributed by atoms with Crippen molar-refractivity contribution in [1.82, 2.24) is 0 Å². The normalized spacial score (nSPS) is 58.7. The van der Waals surface area contributed by atoms with Crippen molar-refractivity contribution in [2.45, 2.75) is 130 Å². The average Bonchev–Trinajstić information content (AvgIpc) is 3.71. The molecule has 6 aliphatic carbocycles. The highest BCUT2D eigenvalue weighted by atomic mass is 16.6. The van der Waals surface area contributed by atoms with E-state index in [0.29, 0.717) is 59.9 Å². The Morgan fingerprint density at radius 2 is 1.05 bits per heavy atom. The first-order chi connectivity index (χ1) is 18.8. The maximum atomic E-state index is 7.50. The van der Waals surface area contributed by atoms with Gasteiger partial charge in [0.15, 0.2) is 0 Å². The van der Waals surface area contributed by atoms with Gasteiger partial charge in [0.25, 0.3) is 0 Å². The van der Waals surface area contributed by atoms with E-state index < -0.39 is 0 Å². The molecule has 3 heteroatoms. The number of allylic oxidation sites excluding steroid dienone is 2. The Kier molecular flexibility index (Phi) is 6.44. The summed E-state index contributed by atoms with van der Waals surface area (Å²) in [4.78, 5) is 0. The molecular formula is C36H56O3. The molecule has 8 rings (SSSR count). The number of fused-ring (bicyclic) bond motifs is 16. The van der Waals surface area contributed by atoms with Gasteiger partial charge in [0.1, 0.15) is 0 Å². The lowest BCUT2D eigenvalue weighted by Crippen LogP contribution is -2.55. The zero-order chi connectivity index (χ0) is 26.7. The third-order valence-electron chi connectivity index (χ3n) is 14.1. The molecule has 2 heterocycles. The van der Waals surface area contributed by atoms with Crippen LogP contribution in [0.25, 0.3) is 0 Å². The molecule has 0 radical (unpaired) electrons. The minimum Gasteiger partial charge on any atom is -0.374 e. The Labute approximate surface area is 238 Å². The Balaban J connectivity index is 1.11. The van der Waals surface area contributed by atoms with Crippen LogP contribution in [0, 0.1) is 82.9 Å². The monoisotopic (exact) mass is 536 g/mol. The van der Waals surface area contributed by atoms with Gasteiger partial charge in [-0.25, -0.2) is 0 Å². The molecule has 2 saturated heterocycles. The second kappa shape index (κ2) is 9.57. The quantitative estimate of drug-likeness (QED) is 0.324. The molecule has 8 aliphatic rings. The second-order valence-electron chi connectivity index (χ2n) is 16.8. The molecule has 5 saturated carbocycles. The van der Waals surface area contributed by atoms with Crippen molar-refractivity contribution in [2.75, 3.05) is 0 Å². The molecular weight excluding hydrogens is 480 g/mol. The van der Waals surface area contributed by atoms with E-state index >= 15 is 0 Å². The van der Waals surface area contributed by atoms with E-state index in [-0.39, 0.29) is 12.2 Å². The summed E-state index contributed by atoms with van der Waals surface area (Å²) in [5.41, 5.74) is 0. The zero-order valence-corrected chi connectivity index (χ0v) is 25.6. The van der Waals surface area contributed by atoms with Crippen molar-refractivity contribution >= 4 is 0 Å². The van der Waals surface area contributed by atoms with Crippen LogP contribution in [0.15, 0.2) is 12.2 Å². The SMILES string of the molecule is CC1CCC(C(C)C)C(OC2C3CC(C2OC2CC(C)CCC2C(C)C)C2C4OC(C5C6C=CC(C6)C45)C32)C1. The third-order valence-corrected chi connectivity index (χ3v) is 14.1. The summed E-state index contributed by atoms with van der Waals surface area (Å²) in [5.74, 6) is 10.3. The van der Waals surface area contributed by atoms with Gasteiger partial charge in [-0.1, -0.05) is 66.5 Å². The molecule has 0 amide bonds.